The topological polar surface area (TPSA) is 96.5 Å². The van der Waals surface area contributed by atoms with E-state index >= 15 is 0 Å². The van der Waals surface area contributed by atoms with E-state index in [0.29, 0.717) is 18.2 Å². The number of methoxy groups -OCH3 is 1. The molecule has 1 saturated heterocycles. The first-order valence-electron chi connectivity index (χ1n) is 9.38. The Balaban J connectivity index is 1.60. The van der Waals surface area contributed by atoms with Gasteiger partial charge in [-0.05, 0) is 44.4 Å². The van der Waals surface area contributed by atoms with Gasteiger partial charge in [0, 0.05) is 37.9 Å². The van der Waals surface area contributed by atoms with Crippen molar-refractivity contribution in [2.24, 2.45) is 0 Å². The Bertz CT molecular complexity index is 927. The van der Waals surface area contributed by atoms with Crippen molar-refractivity contribution < 1.29 is 13.2 Å². The molecule has 152 valence electrons. The fourth-order valence-corrected chi connectivity index (χ4v) is 4.45. The average Bonchev–Trinajstić information content (AvgIpc) is 3.20. The fourth-order valence-electron chi connectivity index (χ4n) is 3.17. The molecule has 0 bridgehead atoms. The molecule has 28 heavy (non-hydrogen) atoms. The molecule has 1 aliphatic heterocycles. The lowest BCUT2D eigenvalue weighted by Crippen LogP contribution is -2.29. The molecule has 0 radical (unpaired) electrons. The van der Waals surface area contributed by atoms with Gasteiger partial charge in [-0.2, -0.15) is 4.98 Å². The third kappa shape index (κ3) is 4.90. The van der Waals surface area contributed by atoms with Crippen molar-refractivity contribution in [3.8, 4) is 5.75 Å². The number of benzene rings is 1. The second-order valence-electron chi connectivity index (χ2n) is 6.86. The number of nitrogens with one attached hydrogen (secondary N) is 2. The van der Waals surface area contributed by atoms with Crippen molar-refractivity contribution in [2.45, 2.75) is 31.6 Å². The molecule has 8 nitrogen and oxygen atoms in total. The lowest BCUT2D eigenvalue weighted by molar-refractivity contribution is 0.402. The molecule has 0 atom stereocenters. The molecule has 3 rings (SSSR count). The highest BCUT2D eigenvalue weighted by atomic mass is 32.2. The first-order chi connectivity index (χ1) is 13.4. The van der Waals surface area contributed by atoms with Crippen LogP contribution < -0.4 is 19.7 Å². The molecule has 2 heterocycles. The maximum Gasteiger partial charge on any atom is 0.244 e. The zero-order chi connectivity index (χ0) is 20.1. The molecule has 0 aliphatic carbocycles. The summed E-state index contributed by atoms with van der Waals surface area (Å²) in [5, 5.41) is 3.11. The predicted molar refractivity (Wildman–Crippen MR) is 110 cm³/mol. The van der Waals surface area contributed by atoms with Crippen LogP contribution in [0.2, 0.25) is 0 Å². The van der Waals surface area contributed by atoms with Gasteiger partial charge in [0.2, 0.25) is 16.0 Å². The number of hydrogen-bond acceptors (Lipinski definition) is 7. The molecule has 1 fully saturated rings. The number of nitrogens with zero attached hydrogens (tertiary/aromatic N) is 3. The molecular formula is C19H27N5O3S. The fraction of sp³-hybridized carbons (Fsp3) is 0.474. The third-order valence-electron chi connectivity index (χ3n) is 4.58. The summed E-state index contributed by atoms with van der Waals surface area (Å²) in [7, 11) is -2.22. The summed E-state index contributed by atoms with van der Waals surface area (Å²) in [6.45, 7) is 6.36. The van der Waals surface area contributed by atoms with Crippen LogP contribution >= 0.6 is 0 Å². The first kappa shape index (κ1) is 20.3. The Morgan fingerprint density at radius 3 is 2.57 bits per heavy atom. The van der Waals surface area contributed by atoms with E-state index in [9.17, 15) is 8.42 Å². The SMILES string of the molecule is COc1ccc(C)cc1S(=O)(=O)NCCNc1nc(C)cc(N2CCCC2)n1. The lowest BCUT2D eigenvalue weighted by Gasteiger charge is -2.17. The summed E-state index contributed by atoms with van der Waals surface area (Å²) in [5.74, 6) is 1.75. The monoisotopic (exact) mass is 405 g/mol. The molecule has 0 unspecified atom stereocenters. The molecule has 2 aromatic rings. The Morgan fingerprint density at radius 1 is 1.11 bits per heavy atom. The Labute approximate surface area is 166 Å². The number of aromatic nitrogens is 2. The summed E-state index contributed by atoms with van der Waals surface area (Å²) in [6.07, 6.45) is 2.35. The predicted octanol–water partition coefficient (Wildman–Crippen LogP) is 2.09. The molecule has 0 spiro atoms. The lowest BCUT2D eigenvalue weighted by atomic mass is 10.2. The van der Waals surface area contributed by atoms with E-state index in [1.54, 1.807) is 12.1 Å². The number of sulfonamides is 1. The number of rotatable bonds is 8. The van der Waals surface area contributed by atoms with Crippen molar-refractivity contribution in [3.63, 3.8) is 0 Å². The summed E-state index contributed by atoms with van der Waals surface area (Å²) < 4.78 is 33.0. The number of ether oxygens (including phenoxy) is 1. The minimum atomic E-state index is -3.67. The van der Waals surface area contributed by atoms with Crippen LogP contribution in [0.25, 0.3) is 0 Å². The van der Waals surface area contributed by atoms with Gasteiger partial charge in [0.05, 0.1) is 7.11 Å². The number of hydrogen-bond donors (Lipinski definition) is 2. The van der Waals surface area contributed by atoms with Crippen molar-refractivity contribution >= 4 is 21.8 Å². The van der Waals surface area contributed by atoms with Crippen LogP contribution in [-0.4, -0.2) is 51.7 Å². The third-order valence-corrected chi connectivity index (χ3v) is 6.06. The van der Waals surface area contributed by atoms with Crippen molar-refractivity contribution in [3.05, 3.63) is 35.5 Å². The van der Waals surface area contributed by atoms with Crippen molar-refractivity contribution in [1.82, 2.24) is 14.7 Å². The van der Waals surface area contributed by atoms with E-state index in [-0.39, 0.29) is 11.4 Å². The maximum absolute atomic E-state index is 12.6. The number of aryl methyl sites for hydroxylation is 2. The molecule has 9 heteroatoms. The molecule has 0 amide bonds. The quantitative estimate of drug-likeness (QED) is 0.649. The van der Waals surface area contributed by atoms with E-state index < -0.39 is 10.0 Å². The highest BCUT2D eigenvalue weighted by Gasteiger charge is 2.19. The van der Waals surface area contributed by atoms with E-state index in [1.165, 1.54) is 20.0 Å². The van der Waals surface area contributed by atoms with Gasteiger partial charge in [-0.3, -0.25) is 0 Å². The molecule has 1 aromatic heterocycles. The van der Waals surface area contributed by atoms with Gasteiger partial charge in [0.25, 0.3) is 0 Å². The minimum Gasteiger partial charge on any atom is -0.495 e. The second-order valence-corrected chi connectivity index (χ2v) is 8.60. The van der Waals surface area contributed by atoms with Crippen LogP contribution in [0.15, 0.2) is 29.2 Å². The Morgan fingerprint density at radius 2 is 1.86 bits per heavy atom. The molecular weight excluding hydrogens is 378 g/mol. The summed E-state index contributed by atoms with van der Waals surface area (Å²) in [6, 6.07) is 7.04. The zero-order valence-electron chi connectivity index (χ0n) is 16.5. The maximum atomic E-state index is 12.6. The van der Waals surface area contributed by atoms with Gasteiger partial charge >= 0.3 is 0 Å². The molecule has 1 aromatic carbocycles. The summed E-state index contributed by atoms with van der Waals surface area (Å²) in [4.78, 5) is 11.3. The van der Waals surface area contributed by atoms with Gasteiger partial charge in [0.15, 0.2) is 0 Å². The van der Waals surface area contributed by atoms with Crippen LogP contribution in [0.1, 0.15) is 24.1 Å². The van der Waals surface area contributed by atoms with Crippen LogP contribution in [0.3, 0.4) is 0 Å². The number of anilines is 2. The minimum absolute atomic E-state index is 0.137. The van der Waals surface area contributed by atoms with Crippen LogP contribution in [0, 0.1) is 13.8 Å². The highest BCUT2D eigenvalue weighted by Crippen LogP contribution is 2.24. The Hall–Kier alpha value is -2.39. The van der Waals surface area contributed by atoms with Gasteiger partial charge in [-0.1, -0.05) is 6.07 Å². The van der Waals surface area contributed by atoms with Crippen LogP contribution in [-0.2, 0) is 10.0 Å². The van der Waals surface area contributed by atoms with Gasteiger partial charge < -0.3 is 15.0 Å². The highest BCUT2D eigenvalue weighted by molar-refractivity contribution is 7.89. The van der Waals surface area contributed by atoms with Gasteiger partial charge in [0.1, 0.15) is 16.5 Å². The van der Waals surface area contributed by atoms with Crippen molar-refractivity contribution in [1.29, 1.82) is 0 Å². The standard InChI is InChI=1S/C19H27N5O3S/c1-14-6-7-16(27-3)17(12-14)28(25,26)21-9-8-20-19-22-15(2)13-18(23-19)24-10-4-5-11-24/h6-7,12-13,21H,4-5,8-11H2,1-3H3,(H,20,22,23). The van der Waals surface area contributed by atoms with E-state index in [4.69, 9.17) is 4.74 Å². The van der Waals surface area contributed by atoms with E-state index in [2.05, 4.69) is 24.9 Å². The average molecular weight is 406 g/mol. The normalized spacial score (nSPS) is 14.3. The zero-order valence-corrected chi connectivity index (χ0v) is 17.3. The Kier molecular flexibility index (Phi) is 6.35. The molecule has 0 saturated carbocycles. The van der Waals surface area contributed by atoms with Crippen LogP contribution in [0.4, 0.5) is 11.8 Å². The smallest absolute Gasteiger partial charge is 0.244 e. The van der Waals surface area contributed by atoms with Crippen molar-refractivity contribution in [2.75, 3.05) is 43.5 Å². The van der Waals surface area contributed by atoms with Crippen LogP contribution in [0.5, 0.6) is 5.75 Å². The van der Waals surface area contributed by atoms with Gasteiger partial charge in [-0.15, -0.1) is 0 Å². The summed E-state index contributed by atoms with van der Waals surface area (Å²) >= 11 is 0. The molecule has 1 aliphatic rings. The first-order valence-corrected chi connectivity index (χ1v) is 10.9. The van der Waals surface area contributed by atoms with E-state index in [0.717, 1.165) is 30.2 Å². The molecule has 2 N–H and O–H groups in total. The van der Waals surface area contributed by atoms with Gasteiger partial charge in [-0.25, -0.2) is 18.1 Å². The van der Waals surface area contributed by atoms with E-state index in [1.807, 2.05) is 26.0 Å². The summed E-state index contributed by atoms with van der Waals surface area (Å²) in [5.41, 5.74) is 1.73. The second kappa shape index (κ2) is 8.74. The largest absolute Gasteiger partial charge is 0.495 e.